The average Bonchev–Trinajstić information content (AvgIpc) is 2.88. The minimum absolute atomic E-state index is 0.124. The molecule has 2 aromatic heterocycles. The van der Waals surface area contributed by atoms with Crippen LogP contribution >= 0.6 is 11.3 Å². The summed E-state index contributed by atoms with van der Waals surface area (Å²) in [6, 6.07) is 3.33. The largest absolute Gasteiger partial charge is 0.331 e. The molecule has 1 unspecified atom stereocenters. The van der Waals surface area contributed by atoms with Crippen LogP contribution in [0.25, 0.3) is 0 Å². The molecule has 0 bridgehead atoms. The highest BCUT2D eigenvalue weighted by Gasteiger charge is 2.13. The molecule has 6 nitrogen and oxygen atoms in total. The minimum atomic E-state index is -0.298. The number of carbonyl (C=O) groups excluding carboxylic acids is 1. The van der Waals surface area contributed by atoms with Gasteiger partial charge in [0, 0.05) is 18.3 Å². The number of pyridine rings is 1. The quantitative estimate of drug-likeness (QED) is 0.907. The van der Waals surface area contributed by atoms with E-state index in [2.05, 4.69) is 25.8 Å². The number of anilines is 1. The van der Waals surface area contributed by atoms with Crippen molar-refractivity contribution in [2.45, 2.75) is 32.7 Å². The Morgan fingerprint density at radius 2 is 2.10 bits per heavy atom. The normalized spacial score (nSPS) is 12.2. The summed E-state index contributed by atoms with van der Waals surface area (Å²) >= 11 is 1.39. The zero-order valence-corrected chi connectivity index (χ0v) is 12.4. The molecule has 0 fully saturated rings. The van der Waals surface area contributed by atoms with E-state index in [1.165, 1.54) is 11.3 Å². The third-order valence-corrected chi connectivity index (χ3v) is 3.83. The molecule has 2 rings (SSSR count). The first kappa shape index (κ1) is 14.4. The van der Waals surface area contributed by atoms with Crippen molar-refractivity contribution in [2.24, 2.45) is 0 Å². The van der Waals surface area contributed by atoms with E-state index in [4.69, 9.17) is 0 Å². The van der Waals surface area contributed by atoms with Crippen LogP contribution in [0.2, 0.25) is 0 Å². The molecule has 0 spiro atoms. The summed E-state index contributed by atoms with van der Waals surface area (Å²) < 4.78 is 0. The molecule has 1 atom stereocenters. The highest BCUT2D eigenvalue weighted by molar-refractivity contribution is 7.15. The number of hydrogen-bond donors (Lipinski definition) is 2. The molecule has 0 aliphatic heterocycles. The monoisotopic (exact) mass is 291 g/mol. The SMILES string of the molecule is CC(C)c1nnc(NC(=O)NC(C)c2cccnc2)s1. The Labute approximate surface area is 121 Å². The van der Waals surface area contributed by atoms with Gasteiger partial charge in [-0.05, 0) is 18.6 Å². The molecule has 20 heavy (non-hydrogen) atoms. The highest BCUT2D eigenvalue weighted by Crippen LogP contribution is 2.22. The fourth-order valence-electron chi connectivity index (χ4n) is 1.56. The molecule has 0 aliphatic rings. The standard InChI is InChI=1S/C13H17N5OS/c1-8(2)11-17-18-13(20-11)16-12(19)15-9(3)10-5-4-6-14-7-10/h4-9H,1-3H3,(H2,15,16,18,19). The van der Waals surface area contributed by atoms with Gasteiger partial charge in [-0.2, -0.15) is 0 Å². The average molecular weight is 291 g/mol. The zero-order chi connectivity index (χ0) is 14.5. The summed E-state index contributed by atoms with van der Waals surface area (Å²) in [4.78, 5) is 15.9. The van der Waals surface area contributed by atoms with Gasteiger partial charge in [-0.1, -0.05) is 31.3 Å². The number of rotatable bonds is 4. The summed E-state index contributed by atoms with van der Waals surface area (Å²) in [5.74, 6) is 0.306. The lowest BCUT2D eigenvalue weighted by Gasteiger charge is -2.13. The van der Waals surface area contributed by atoms with Crippen molar-refractivity contribution in [3.05, 3.63) is 35.1 Å². The number of urea groups is 1. The lowest BCUT2D eigenvalue weighted by molar-refractivity contribution is 0.249. The van der Waals surface area contributed by atoms with E-state index < -0.39 is 0 Å². The predicted octanol–water partition coefficient (Wildman–Crippen LogP) is 2.94. The Morgan fingerprint density at radius 1 is 1.30 bits per heavy atom. The molecule has 0 aliphatic carbocycles. The third-order valence-electron chi connectivity index (χ3n) is 2.69. The Balaban J connectivity index is 1.92. The van der Waals surface area contributed by atoms with E-state index in [1.807, 2.05) is 32.9 Å². The van der Waals surface area contributed by atoms with Gasteiger partial charge in [-0.3, -0.25) is 10.3 Å². The Hall–Kier alpha value is -2.02. The summed E-state index contributed by atoms with van der Waals surface area (Å²) in [5, 5.41) is 14.9. The van der Waals surface area contributed by atoms with Gasteiger partial charge in [0.15, 0.2) is 0 Å². The molecular formula is C13H17N5OS. The van der Waals surface area contributed by atoms with Crippen LogP contribution < -0.4 is 10.6 Å². The summed E-state index contributed by atoms with van der Waals surface area (Å²) in [6.07, 6.45) is 3.43. The molecule has 7 heteroatoms. The van der Waals surface area contributed by atoms with Crippen molar-refractivity contribution in [1.82, 2.24) is 20.5 Å². The summed E-state index contributed by atoms with van der Waals surface area (Å²) in [7, 11) is 0. The number of carbonyl (C=O) groups is 1. The van der Waals surface area contributed by atoms with Gasteiger partial charge < -0.3 is 5.32 Å². The maximum Gasteiger partial charge on any atom is 0.321 e. The lowest BCUT2D eigenvalue weighted by atomic mass is 10.1. The second-order valence-electron chi connectivity index (χ2n) is 4.71. The van der Waals surface area contributed by atoms with Crippen molar-refractivity contribution in [1.29, 1.82) is 0 Å². The van der Waals surface area contributed by atoms with Gasteiger partial charge in [0.05, 0.1) is 6.04 Å². The highest BCUT2D eigenvalue weighted by atomic mass is 32.1. The maximum atomic E-state index is 11.9. The maximum absolute atomic E-state index is 11.9. The van der Waals surface area contributed by atoms with Crippen molar-refractivity contribution in [2.75, 3.05) is 5.32 Å². The van der Waals surface area contributed by atoms with E-state index in [1.54, 1.807) is 12.4 Å². The minimum Gasteiger partial charge on any atom is -0.331 e. The van der Waals surface area contributed by atoms with Gasteiger partial charge in [0.2, 0.25) is 5.13 Å². The lowest BCUT2D eigenvalue weighted by Crippen LogP contribution is -2.31. The van der Waals surface area contributed by atoms with Gasteiger partial charge in [0.1, 0.15) is 5.01 Å². The van der Waals surface area contributed by atoms with Crippen LogP contribution in [0, 0.1) is 0 Å². The first-order valence-electron chi connectivity index (χ1n) is 6.37. The third kappa shape index (κ3) is 3.74. The van der Waals surface area contributed by atoms with Crippen LogP contribution in [0.3, 0.4) is 0 Å². The first-order chi connectivity index (χ1) is 9.56. The first-order valence-corrected chi connectivity index (χ1v) is 7.18. The van der Waals surface area contributed by atoms with Crippen molar-refractivity contribution >= 4 is 22.5 Å². The van der Waals surface area contributed by atoms with Crippen molar-refractivity contribution < 1.29 is 4.79 Å². The molecule has 106 valence electrons. The molecule has 2 aromatic rings. The van der Waals surface area contributed by atoms with Gasteiger partial charge >= 0.3 is 6.03 Å². The van der Waals surface area contributed by atoms with Crippen LogP contribution in [0.1, 0.15) is 43.3 Å². The smallest absolute Gasteiger partial charge is 0.321 e. The molecule has 2 heterocycles. The van der Waals surface area contributed by atoms with Crippen molar-refractivity contribution in [3.8, 4) is 0 Å². The summed E-state index contributed by atoms with van der Waals surface area (Å²) in [5.41, 5.74) is 0.947. The summed E-state index contributed by atoms with van der Waals surface area (Å²) in [6.45, 7) is 5.97. The Bertz CT molecular complexity index is 569. The molecule has 0 saturated heterocycles. The molecular weight excluding hydrogens is 274 g/mol. The Morgan fingerprint density at radius 3 is 2.70 bits per heavy atom. The molecule has 0 radical (unpaired) electrons. The second-order valence-corrected chi connectivity index (χ2v) is 5.72. The number of aromatic nitrogens is 3. The fraction of sp³-hybridized carbons (Fsp3) is 0.385. The van der Waals surface area contributed by atoms with Crippen LogP contribution in [0.5, 0.6) is 0 Å². The second kappa shape index (κ2) is 6.42. The zero-order valence-electron chi connectivity index (χ0n) is 11.6. The number of hydrogen-bond acceptors (Lipinski definition) is 5. The van der Waals surface area contributed by atoms with Gasteiger partial charge in [-0.15, -0.1) is 10.2 Å². The van der Waals surface area contributed by atoms with Gasteiger partial charge in [-0.25, -0.2) is 4.79 Å². The van der Waals surface area contributed by atoms with Crippen LogP contribution in [-0.2, 0) is 0 Å². The van der Waals surface area contributed by atoms with Crippen molar-refractivity contribution in [3.63, 3.8) is 0 Å². The number of nitrogens with one attached hydrogen (secondary N) is 2. The van der Waals surface area contributed by atoms with Crippen LogP contribution in [-0.4, -0.2) is 21.2 Å². The van der Waals surface area contributed by atoms with Crippen LogP contribution in [0.4, 0.5) is 9.93 Å². The van der Waals surface area contributed by atoms with Crippen LogP contribution in [0.15, 0.2) is 24.5 Å². The van der Waals surface area contributed by atoms with Gasteiger partial charge in [0.25, 0.3) is 0 Å². The number of nitrogens with zero attached hydrogens (tertiary/aromatic N) is 3. The topological polar surface area (TPSA) is 79.8 Å². The van der Waals surface area contributed by atoms with E-state index in [9.17, 15) is 4.79 Å². The van der Waals surface area contributed by atoms with E-state index in [0.717, 1.165) is 10.6 Å². The predicted molar refractivity (Wildman–Crippen MR) is 78.8 cm³/mol. The molecule has 2 amide bonds. The van der Waals surface area contributed by atoms with E-state index in [-0.39, 0.29) is 12.1 Å². The fourth-order valence-corrected chi connectivity index (χ4v) is 2.30. The molecule has 0 aromatic carbocycles. The van der Waals surface area contributed by atoms with E-state index in [0.29, 0.717) is 11.0 Å². The van der Waals surface area contributed by atoms with E-state index >= 15 is 0 Å². The number of amides is 2. The molecule has 0 saturated carbocycles. The Kier molecular flexibility index (Phi) is 4.62. The molecule has 2 N–H and O–H groups in total.